The summed E-state index contributed by atoms with van der Waals surface area (Å²) in [5, 5.41) is 0.510. The van der Waals surface area contributed by atoms with Gasteiger partial charge in [0.05, 0.1) is 5.54 Å². The maximum atomic E-state index is 11.0. The van der Waals surface area contributed by atoms with Gasteiger partial charge in [0.15, 0.2) is 0 Å². The van der Waals surface area contributed by atoms with Gasteiger partial charge in [-0.25, -0.2) is 0 Å². The number of rotatable bonds is 2. The number of hydrogen-bond donors (Lipinski definition) is 2. The molecule has 0 radical (unpaired) electrons. The van der Waals surface area contributed by atoms with E-state index in [0.717, 1.165) is 25.7 Å². The number of carbonyl (C=O) groups excluding carboxylic acids is 1. The Morgan fingerprint density at radius 3 is 2.83 bits per heavy atom. The minimum atomic E-state index is -0.730. The molecular formula is C8H16N2OS. The molecule has 4 N–H and O–H groups in total. The van der Waals surface area contributed by atoms with E-state index in [2.05, 4.69) is 6.26 Å². The Bertz CT molecular complexity index is 186. The summed E-state index contributed by atoms with van der Waals surface area (Å²) in [5.74, 6) is -0.346. The van der Waals surface area contributed by atoms with Crippen molar-refractivity contribution in [2.45, 2.75) is 36.5 Å². The van der Waals surface area contributed by atoms with Crippen LogP contribution in [0.4, 0.5) is 0 Å². The molecule has 1 aliphatic carbocycles. The standard InChI is InChI=1S/C8H16N2OS/c1-12-6-3-2-4-8(10,5-6)7(9)11/h6H,2-5,10H2,1H3,(H2,9,11). The quantitative estimate of drug-likeness (QED) is 0.662. The molecule has 4 heteroatoms. The van der Waals surface area contributed by atoms with Gasteiger partial charge in [-0.1, -0.05) is 0 Å². The molecule has 70 valence electrons. The van der Waals surface area contributed by atoms with Crippen molar-refractivity contribution in [3.63, 3.8) is 0 Å². The molecule has 0 saturated heterocycles. The third-order valence-corrected chi connectivity index (χ3v) is 3.63. The van der Waals surface area contributed by atoms with Gasteiger partial charge in [-0.2, -0.15) is 11.8 Å². The van der Waals surface area contributed by atoms with Crippen LogP contribution >= 0.6 is 11.8 Å². The Labute approximate surface area is 77.3 Å². The Hall–Kier alpha value is -0.220. The van der Waals surface area contributed by atoms with Gasteiger partial charge in [0, 0.05) is 5.25 Å². The number of nitrogens with two attached hydrogens (primary N) is 2. The number of amides is 1. The van der Waals surface area contributed by atoms with Crippen molar-refractivity contribution in [3.05, 3.63) is 0 Å². The maximum absolute atomic E-state index is 11.0. The fraction of sp³-hybridized carbons (Fsp3) is 0.875. The van der Waals surface area contributed by atoms with Crippen molar-refractivity contribution in [2.75, 3.05) is 6.26 Å². The summed E-state index contributed by atoms with van der Waals surface area (Å²) >= 11 is 1.78. The van der Waals surface area contributed by atoms with E-state index in [9.17, 15) is 4.79 Å². The van der Waals surface area contributed by atoms with Crippen LogP contribution in [0.15, 0.2) is 0 Å². The smallest absolute Gasteiger partial charge is 0.237 e. The first-order valence-corrected chi connectivity index (χ1v) is 5.49. The van der Waals surface area contributed by atoms with Crippen LogP contribution < -0.4 is 11.5 Å². The molecule has 1 amide bonds. The molecule has 0 aromatic carbocycles. The molecule has 0 aromatic rings. The lowest BCUT2D eigenvalue weighted by atomic mass is 9.82. The molecule has 2 atom stereocenters. The molecule has 3 nitrogen and oxygen atoms in total. The minimum Gasteiger partial charge on any atom is -0.368 e. The molecule has 0 bridgehead atoms. The number of carbonyl (C=O) groups is 1. The Balaban J connectivity index is 2.61. The largest absolute Gasteiger partial charge is 0.368 e. The van der Waals surface area contributed by atoms with E-state index in [1.807, 2.05) is 0 Å². The van der Waals surface area contributed by atoms with Gasteiger partial charge in [0.2, 0.25) is 5.91 Å². The monoisotopic (exact) mass is 188 g/mol. The zero-order chi connectivity index (χ0) is 9.19. The molecule has 12 heavy (non-hydrogen) atoms. The Kier molecular flexibility index (Phi) is 3.01. The van der Waals surface area contributed by atoms with Crippen LogP contribution in [-0.2, 0) is 4.79 Å². The molecule has 1 aliphatic rings. The molecule has 1 rings (SSSR count). The van der Waals surface area contributed by atoms with Crippen LogP contribution in [0.3, 0.4) is 0 Å². The van der Waals surface area contributed by atoms with Gasteiger partial charge >= 0.3 is 0 Å². The van der Waals surface area contributed by atoms with E-state index >= 15 is 0 Å². The molecular weight excluding hydrogens is 172 g/mol. The van der Waals surface area contributed by atoms with E-state index in [1.165, 1.54) is 0 Å². The SMILES string of the molecule is CSC1CCCC(N)(C(N)=O)C1. The van der Waals surface area contributed by atoms with E-state index in [-0.39, 0.29) is 5.91 Å². The highest BCUT2D eigenvalue weighted by Crippen LogP contribution is 2.32. The summed E-state index contributed by atoms with van der Waals surface area (Å²) in [4.78, 5) is 11.0. The lowest BCUT2D eigenvalue weighted by Crippen LogP contribution is -2.55. The highest BCUT2D eigenvalue weighted by molar-refractivity contribution is 7.99. The van der Waals surface area contributed by atoms with Gasteiger partial charge in [0.25, 0.3) is 0 Å². The first-order valence-electron chi connectivity index (χ1n) is 4.20. The topological polar surface area (TPSA) is 69.1 Å². The van der Waals surface area contributed by atoms with Gasteiger partial charge in [-0.05, 0) is 31.9 Å². The Morgan fingerprint density at radius 1 is 1.67 bits per heavy atom. The zero-order valence-corrected chi connectivity index (χ0v) is 8.19. The molecule has 2 unspecified atom stereocenters. The molecule has 0 aromatic heterocycles. The van der Waals surface area contributed by atoms with Gasteiger partial charge in [-0.3, -0.25) is 4.79 Å². The summed E-state index contributed by atoms with van der Waals surface area (Å²) < 4.78 is 0. The van der Waals surface area contributed by atoms with Gasteiger partial charge in [-0.15, -0.1) is 0 Å². The van der Waals surface area contributed by atoms with Crippen molar-refractivity contribution in [3.8, 4) is 0 Å². The summed E-state index contributed by atoms with van der Waals surface area (Å²) in [6, 6.07) is 0. The van der Waals surface area contributed by atoms with Crippen molar-refractivity contribution in [1.82, 2.24) is 0 Å². The Morgan fingerprint density at radius 2 is 2.33 bits per heavy atom. The van der Waals surface area contributed by atoms with Gasteiger partial charge < -0.3 is 11.5 Å². The summed E-state index contributed by atoms with van der Waals surface area (Å²) in [7, 11) is 0. The van der Waals surface area contributed by atoms with Crippen molar-refractivity contribution in [1.29, 1.82) is 0 Å². The molecule has 1 saturated carbocycles. The predicted octanol–water partition coefficient (Wildman–Crippen LogP) is 0.475. The lowest BCUT2D eigenvalue weighted by molar-refractivity contribution is -0.124. The number of thioether (sulfide) groups is 1. The third kappa shape index (κ3) is 1.93. The predicted molar refractivity (Wildman–Crippen MR) is 51.9 cm³/mol. The zero-order valence-electron chi connectivity index (χ0n) is 7.38. The molecule has 0 spiro atoms. The highest BCUT2D eigenvalue weighted by atomic mass is 32.2. The first-order chi connectivity index (χ1) is 5.58. The van der Waals surface area contributed by atoms with Crippen LogP contribution in [0, 0.1) is 0 Å². The fourth-order valence-corrected chi connectivity index (χ4v) is 2.55. The summed E-state index contributed by atoms with van der Waals surface area (Å²) in [6.45, 7) is 0. The number of primary amides is 1. The van der Waals surface area contributed by atoms with Crippen molar-refractivity contribution >= 4 is 17.7 Å². The van der Waals surface area contributed by atoms with Crippen molar-refractivity contribution in [2.24, 2.45) is 11.5 Å². The maximum Gasteiger partial charge on any atom is 0.237 e. The number of hydrogen-bond acceptors (Lipinski definition) is 3. The van der Waals surface area contributed by atoms with Crippen LogP contribution in [0.25, 0.3) is 0 Å². The van der Waals surface area contributed by atoms with E-state index in [0.29, 0.717) is 5.25 Å². The van der Waals surface area contributed by atoms with Crippen LogP contribution in [0.2, 0.25) is 0 Å². The fourth-order valence-electron chi connectivity index (χ4n) is 1.68. The molecule has 1 fully saturated rings. The van der Waals surface area contributed by atoms with E-state index in [4.69, 9.17) is 11.5 Å². The van der Waals surface area contributed by atoms with E-state index in [1.54, 1.807) is 11.8 Å². The van der Waals surface area contributed by atoms with Crippen LogP contribution in [0.1, 0.15) is 25.7 Å². The third-order valence-electron chi connectivity index (χ3n) is 2.56. The van der Waals surface area contributed by atoms with Crippen molar-refractivity contribution < 1.29 is 4.79 Å². The van der Waals surface area contributed by atoms with E-state index < -0.39 is 5.54 Å². The lowest BCUT2D eigenvalue weighted by Gasteiger charge is -2.34. The second kappa shape index (κ2) is 3.66. The van der Waals surface area contributed by atoms with Crippen LogP contribution in [0.5, 0.6) is 0 Å². The molecule has 0 heterocycles. The van der Waals surface area contributed by atoms with Gasteiger partial charge in [0.1, 0.15) is 0 Å². The normalized spacial score (nSPS) is 36.3. The highest BCUT2D eigenvalue weighted by Gasteiger charge is 2.37. The first kappa shape index (κ1) is 9.86. The second-order valence-electron chi connectivity index (χ2n) is 3.47. The van der Waals surface area contributed by atoms with Crippen LogP contribution in [-0.4, -0.2) is 23.0 Å². The average molecular weight is 188 g/mol. The summed E-state index contributed by atoms with van der Waals surface area (Å²) in [5.41, 5.74) is 10.4. The molecule has 0 aliphatic heterocycles. The second-order valence-corrected chi connectivity index (χ2v) is 4.61. The average Bonchev–Trinajstić information content (AvgIpc) is 2.04. The summed E-state index contributed by atoms with van der Waals surface area (Å²) in [6.07, 6.45) is 5.72. The minimum absolute atomic E-state index is 0.346.